The van der Waals surface area contributed by atoms with Gasteiger partial charge in [0.1, 0.15) is 0 Å². The fraction of sp³-hybridized carbons (Fsp3) is 0.833. The number of rotatable bonds is 21. The molecule has 0 saturated heterocycles. The van der Waals surface area contributed by atoms with E-state index in [-0.39, 0.29) is 119 Å². The number of unbranched alkanes of at least 4 members (excludes halogenated alkanes) is 15. The van der Waals surface area contributed by atoms with Crippen molar-refractivity contribution in [1.29, 1.82) is 0 Å². The molecule has 0 bridgehead atoms. The molecule has 0 aliphatic rings. The molecule has 8 heteroatoms. The molecular formula is C24H43K2NO3S2. The molecule has 176 valence electrons. The minimum atomic E-state index is -0.734. The number of ether oxygens (including phenoxy) is 1. The Morgan fingerprint density at radius 2 is 1.16 bits per heavy atom. The molecule has 0 fully saturated rings. The minimum absolute atomic E-state index is 0. The first kappa shape index (κ1) is 38.9. The van der Waals surface area contributed by atoms with E-state index in [0.29, 0.717) is 6.54 Å². The van der Waals surface area contributed by atoms with E-state index in [1.54, 1.807) is 6.92 Å². The van der Waals surface area contributed by atoms with Crippen molar-refractivity contribution in [3.8, 4) is 0 Å². The van der Waals surface area contributed by atoms with Crippen LogP contribution in [0.3, 0.4) is 0 Å². The van der Waals surface area contributed by atoms with E-state index in [1.165, 1.54) is 89.9 Å². The van der Waals surface area contributed by atoms with Gasteiger partial charge in [0.2, 0.25) is 0 Å². The summed E-state index contributed by atoms with van der Waals surface area (Å²) in [6, 6.07) is 0. The summed E-state index contributed by atoms with van der Waals surface area (Å²) in [6.45, 7) is 4.66. The van der Waals surface area contributed by atoms with Crippen molar-refractivity contribution in [2.45, 2.75) is 117 Å². The summed E-state index contributed by atoms with van der Waals surface area (Å²) in [5.74, 6) is -1.25. The second-order valence-corrected chi connectivity index (χ2v) is 9.02. The van der Waals surface area contributed by atoms with Crippen molar-refractivity contribution in [2.24, 2.45) is 0 Å². The maximum Gasteiger partial charge on any atom is 1.00 e. The van der Waals surface area contributed by atoms with Crippen molar-refractivity contribution in [1.82, 2.24) is 5.32 Å². The Hall–Kier alpha value is 2.39. The van der Waals surface area contributed by atoms with Crippen LogP contribution in [0, 0.1) is 0 Å². The van der Waals surface area contributed by atoms with Gasteiger partial charge in [-0.1, -0.05) is 110 Å². The van der Waals surface area contributed by atoms with Crippen LogP contribution in [-0.2, 0) is 22.2 Å². The van der Waals surface area contributed by atoms with Gasteiger partial charge < -0.3 is 40.0 Å². The van der Waals surface area contributed by atoms with Gasteiger partial charge in [-0.05, 0) is 13.0 Å². The summed E-state index contributed by atoms with van der Waals surface area (Å²) < 4.78 is 4.69. The van der Waals surface area contributed by atoms with Gasteiger partial charge in [-0.15, -0.1) is 4.20 Å². The van der Waals surface area contributed by atoms with Gasteiger partial charge in [-0.25, -0.2) is 0 Å². The number of carbonyl (C=O) groups excluding carboxylic acids is 1. The Balaban J connectivity index is -0.00000420. The summed E-state index contributed by atoms with van der Waals surface area (Å²) in [6.07, 6.45) is 21.0. The standard InChI is InChI=1S/C24H45NO3S2.2K/c1-3-5-6-7-8-9-10-11-12-13-14-15-16-17-18-19-20-25-22(26)21(24(29)30)23(27)28-4-2;;/h27H,3-20H2,1-2H3,(H,25,26)(H,29,30);;/q;2*+1/p-2/b23-21-;;. The first-order valence-corrected chi connectivity index (χ1v) is 12.9. The van der Waals surface area contributed by atoms with Crippen LogP contribution in [0.15, 0.2) is 11.5 Å². The molecule has 0 unspecified atom stereocenters. The molecule has 0 heterocycles. The Bertz CT molecular complexity index is 492. The molecule has 0 spiro atoms. The predicted molar refractivity (Wildman–Crippen MR) is 131 cm³/mol. The zero-order valence-electron chi connectivity index (χ0n) is 21.3. The molecule has 0 saturated carbocycles. The fourth-order valence-electron chi connectivity index (χ4n) is 3.44. The summed E-state index contributed by atoms with van der Waals surface area (Å²) in [5.41, 5.74) is -0.224. The van der Waals surface area contributed by atoms with Crippen LogP contribution in [0.2, 0.25) is 0 Å². The number of thiocarbonyl (C=S) groups is 1. The monoisotopic (exact) mass is 535 g/mol. The van der Waals surface area contributed by atoms with Crippen molar-refractivity contribution in [3.05, 3.63) is 11.5 Å². The average molecular weight is 536 g/mol. The van der Waals surface area contributed by atoms with Crippen LogP contribution in [0.5, 0.6) is 0 Å². The first-order valence-electron chi connectivity index (χ1n) is 12.1. The van der Waals surface area contributed by atoms with Crippen LogP contribution < -0.4 is 113 Å². The van der Waals surface area contributed by atoms with Crippen molar-refractivity contribution in [2.75, 3.05) is 13.2 Å². The second-order valence-electron chi connectivity index (χ2n) is 7.94. The Morgan fingerprint density at radius 3 is 1.50 bits per heavy atom. The quantitative estimate of drug-likeness (QED) is 0.0554. The van der Waals surface area contributed by atoms with Crippen LogP contribution in [0.4, 0.5) is 0 Å². The third-order valence-electron chi connectivity index (χ3n) is 5.23. The number of amides is 1. The van der Waals surface area contributed by atoms with Gasteiger partial charge in [0.05, 0.1) is 5.95 Å². The van der Waals surface area contributed by atoms with E-state index in [9.17, 15) is 9.90 Å². The molecule has 0 aliphatic heterocycles. The van der Waals surface area contributed by atoms with Gasteiger partial charge in [0.25, 0.3) is 5.91 Å². The fourth-order valence-corrected chi connectivity index (χ4v) is 3.79. The van der Waals surface area contributed by atoms with Gasteiger partial charge in [-0.2, -0.15) is 0 Å². The van der Waals surface area contributed by atoms with Gasteiger partial charge in [0, 0.05) is 12.1 Å². The van der Waals surface area contributed by atoms with E-state index < -0.39 is 11.9 Å². The van der Waals surface area contributed by atoms with E-state index in [4.69, 9.17) is 29.6 Å². The molecular weight excluding hydrogens is 493 g/mol. The molecule has 0 aromatic rings. The normalized spacial score (nSPS) is 11.1. The third-order valence-corrected chi connectivity index (χ3v) is 5.63. The minimum Gasteiger partial charge on any atom is -0.613 e. The Labute approximate surface area is 293 Å². The van der Waals surface area contributed by atoms with E-state index in [2.05, 4.69) is 12.2 Å². The van der Waals surface area contributed by atoms with E-state index in [1.807, 2.05) is 0 Å². The Kier molecular flexibility index (Phi) is 36.0. The zero-order chi connectivity index (χ0) is 22.5. The maximum absolute atomic E-state index is 12.1. The second kappa shape index (κ2) is 29.6. The van der Waals surface area contributed by atoms with Crippen LogP contribution in [0.25, 0.3) is 0 Å². The first-order chi connectivity index (χ1) is 14.5. The molecule has 1 amide bonds. The average Bonchev–Trinajstić information content (AvgIpc) is 2.70. The van der Waals surface area contributed by atoms with Crippen molar-refractivity contribution < 1.29 is 117 Å². The molecule has 32 heavy (non-hydrogen) atoms. The number of carbonyl (C=O) groups is 1. The van der Waals surface area contributed by atoms with E-state index >= 15 is 0 Å². The summed E-state index contributed by atoms with van der Waals surface area (Å²) in [4.78, 5) is 12.1. The number of nitrogens with one attached hydrogen (secondary N) is 1. The molecule has 0 atom stereocenters. The third kappa shape index (κ3) is 24.1. The summed E-state index contributed by atoms with van der Waals surface area (Å²) in [7, 11) is 0. The SMILES string of the molecule is CCCCCCCCCCCCCCCCCCNC(=O)/C(C(=S)[S-])=C(\[O-])OCC.[K+].[K+]. The van der Waals surface area contributed by atoms with Gasteiger partial charge >= 0.3 is 103 Å². The summed E-state index contributed by atoms with van der Waals surface area (Å²) in [5, 5.41) is 14.5. The number of hydrogen-bond donors (Lipinski definition) is 1. The molecule has 4 nitrogen and oxygen atoms in total. The molecule has 0 aromatic carbocycles. The van der Waals surface area contributed by atoms with Gasteiger partial charge in [0.15, 0.2) is 0 Å². The molecule has 1 N–H and O–H groups in total. The predicted octanol–water partition coefficient (Wildman–Crippen LogP) is -0.145. The maximum atomic E-state index is 12.1. The molecule has 0 rings (SSSR count). The number of hydrogen-bond acceptors (Lipinski definition) is 5. The molecule has 0 aliphatic carbocycles. The van der Waals surface area contributed by atoms with Crippen molar-refractivity contribution in [3.63, 3.8) is 0 Å². The van der Waals surface area contributed by atoms with Crippen LogP contribution in [0.1, 0.15) is 117 Å². The smallest absolute Gasteiger partial charge is 0.613 e. The van der Waals surface area contributed by atoms with Crippen LogP contribution in [-0.4, -0.2) is 23.3 Å². The van der Waals surface area contributed by atoms with Crippen molar-refractivity contribution >= 4 is 35.0 Å². The Morgan fingerprint density at radius 1 is 0.781 bits per heavy atom. The molecule has 0 aromatic heterocycles. The largest absolute Gasteiger partial charge is 1.00 e. The van der Waals surface area contributed by atoms with Crippen LogP contribution >= 0.6 is 12.2 Å². The molecule has 0 radical (unpaired) electrons. The summed E-state index contributed by atoms with van der Waals surface area (Å²) >= 11 is 9.64. The topological polar surface area (TPSA) is 61.4 Å². The van der Waals surface area contributed by atoms with Gasteiger partial charge in [-0.3, -0.25) is 4.79 Å². The van der Waals surface area contributed by atoms with E-state index in [0.717, 1.165) is 12.8 Å². The zero-order valence-corrected chi connectivity index (χ0v) is 29.1.